The Hall–Kier alpha value is -1.89. The molecule has 0 radical (unpaired) electrons. The zero-order valence-corrected chi connectivity index (χ0v) is 14.1. The Balaban J connectivity index is 1.55. The smallest absolute Gasteiger partial charge is 0.280 e. The second-order valence-corrected chi connectivity index (χ2v) is 7.90. The van der Waals surface area contributed by atoms with Crippen LogP contribution in [0.2, 0.25) is 0 Å². The van der Waals surface area contributed by atoms with E-state index in [-0.39, 0.29) is 6.04 Å². The number of nitrogens with zero attached hydrogens (tertiary/aromatic N) is 1. The van der Waals surface area contributed by atoms with Gasteiger partial charge in [-0.05, 0) is 23.6 Å². The Labute approximate surface area is 142 Å². The molecule has 2 aromatic carbocycles. The van der Waals surface area contributed by atoms with Gasteiger partial charge < -0.3 is 4.74 Å². The van der Waals surface area contributed by atoms with Gasteiger partial charge in [0.25, 0.3) is 10.2 Å². The number of hydrogen-bond acceptors (Lipinski definition) is 3. The van der Waals surface area contributed by atoms with Crippen molar-refractivity contribution in [1.82, 2.24) is 9.03 Å². The summed E-state index contributed by atoms with van der Waals surface area (Å²) >= 11 is 0. The fourth-order valence-electron chi connectivity index (χ4n) is 3.39. The maximum absolute atomic E-state index is 12.8. The fourth-order valence-corrected chi connectivity index (χ4v) is 4.79. The molecule has 2 aliphatic rings. The molecule has 0 aromatic heterocycles. The summed E-state index contributed by atoms with van der Waals surface area (Å²) in [4.78, 5) is 0. The summed E-state index contributed by atoms with van der Waals surface area (Å²) < 4.78 is 35.7. The maximum atomic E-state index is 12.8. The SMILES string of the molecule is O=S(=O)(NC1CCOc2ccccc21)N1CCc2ccccc2C1. The number of nitrogens with one attached hydrogen (secondary N) is 1. The van der Waals surface area contributed by atoms with Crippen molar-refractivity contribution in [3.05, 3.63) is 65.2 Å². The molecule has 0 fully saturated rings. The lowest BCUT2D eigenvalue weighted by molar-refractivity contribution is 0.260. The largest absolute Gasteiger partial charge is 0.493 e. The third kappa shape index (κ3) is 2.92. The molecule has 0 saturated carbocycles. The van der Waals surface area contributed by atoms with Crippen LogP contribution in [0.1, 0.15) is 29.2 Å². The molecular weight excluding hydrogens is 324 g/mol. The summed E-state index contributed by atoms with van der Waals surface area (Å²) in [5.41, 5.74) is 3.23. The third-order valence-corrected chi connectivity index (χ3v) is 6.26. The van der Waals surface area contributed by atoms with Gasteiger partial charge in [-0.25, -0.2) is 0 Å². The quantitative estimate of drug-likeness (QED) is 0.930. The minimum absolute atomic E-state index is 0.239. The van der Waals surface area contributed by atoms with Crippen LogP contribution in [-0.2, 0) is 23.2 Å². The Kier molecular flexibility index (Phi) is 4.04. The van der Waals surface area contributed by atoms with Gasteiger partial charge in [0.05, 0.1) is 12.6 Å². The average Bonchev–Trinajstić information content (AvgIpc) is 2.61. The van der Waals surface area contributed by atoms with Gasteiger partial charge in [0.1, 0.15) is 5.75 Å². The van der Waals surface area contributed by atoms with E-state index >= 15 is 0 Å². The molecule has 2 aliphatic heterocycles. The van der Waals surface area contributed by atoms with Crippen LogP contribution in [0.25, 0.3) is 0 Å². The first-order valence-corrected chi connectivity index (χ1v) is 9.63. The molecule has 126 valence electrons. The van der Waals surface area contributed by atoms with E-state index in [2.05, 4.69) is 10.8 Å². The highest BCUT2D eigenvalue weighted by molar-refractivity contribution is 7.87. The number of benzene rings is 2. The van der Waals surface area contributed by atoms with Gasteiger partial charge >= 0.3 is 0 Å². The monoisotopic (exact) mass is 344 g/mol. The first-order chi connectivity index (χ1) is 11.6. The predicted octanol–water partition coefficient (Wildman–Crippen LogP) is 2.40. The van der Waals surface area contributed by atoms with Crippen molar-refractivity contribution in [3.8, 4) is 5.75 Å². The number of ether oxygens (including phenoxy) is 1. The van der Waals surface area contributed by atoms with Crippen molar-refractivity contribution in [2.75, 3.05) is 13.2 Å². The molecule has 24 heavy (non-hydrogen) atoms. The normalized spacial score (nSPS) is 20.8. The van der Waals surface area contributed by atoms with Crippen molar-refractivity contribution >= 4 is 10.2 Å². The Bertz CT molecular complexity index is 851. The van der Waals surface area contributed by atoms with Gasteiger partial charge in [-0.15, -0.1) is 0 Å². The minimum atomic E-state index is -3.54. The van der Waals surface area contributed by atoms with Gasteiger partial charge in [-0.1, -0.05) is 42.5 Å². The van der Waals surface area contributed by atoms with Crippen molar-refractivity contribution in [3.63, 3.8) is 0 Å². The first kappa shape index (κ1) is 15.6. The minimum Gasteiger partial charge on any atom is -0.493 e. The van der Waals surface area contributed by atoms with Crippen LogP contribution in [0.4, 0.5) is 0 Å². The molecule has 0 saturated heterocycles. The van der Waals surface area contributed by atoms with E-state index in [0.717, 1.165) is 23.3 Å². The zero-order chi connectivity index (χ0) is 16.6. The molecule has 5 nitrogen and oxygen atoms in total. The van der Waals surface area contributed by atoms with Crippen LogP contribution in [-0.4, -0.2) is 25.9 Å². The van der Waals surface area contributed by atoms with Gasteiger partial charge in [-0.2, -0.15) is 17.4 Å². The van der Waals surface area contributed by atoms with Gasteiger partial charge in [0.2, 0.25) is 0 Å². The average molecular weight is 344 g/mol. The molecule has 1 N–H and O–H groups in total. The highest BCUT2D eigenvalue weighted by atomic mass is 32.2. The van der Waals surface area contributed by atoms with E-state index < -0.39 is 10.2 Å². The molecule has 0 aliphatic carbocycles. The van der Waals surface area contributed by atoms with Gasteiger partial charge in [0, 0.05) is 25.1 Å². The Morgan fingerprint density at radius 3 is 2.67 bits per heavy atom. The van der Waals surface area contributed by atoms with Crippen molar-refractivity contribution in [2.45, 2.75) is 25.4 Å². The van der Waals surface area contributed by atoms with E-state index in [9.17, 15) is 8.42 Å². The molecule has 1 atom stereocenters. The van der Waals surface area contributed by atoms with Crippen LogP contribution >= 0.6 is 0 Å². The van der Waals surface area contributed by atoms with Crippen molar-refractivity contribution in [1.29, 1.82) is 0 Å². The molecule has 1 unspecified atom stereocenters. The van der Waals surface area contributed by atoms with Crippen molar-refractivity contribution in [2.24, 2.45) is 0 Å². The van der Waals surface area contributed by atoms with Gasteiger partial charge in [-0.3, -0.25) is 0 Å². The van der Waals surface area contributed by atoms with Crippen LogP contribution in [0.15, 0.2) is 48.5 Å². The number of fused-ring (bicyclic) bond motifs is 2. The molecular formula is C18H20N2O3S. The number of hydrogen-bond donors (Lipinski definition) is 1. The maximum Gasteiger partial charge on any atom is 0.280 e. The lowest BCUT2D eigenvalue weighted by atomic mass is 10.0. The number of para-hydroxylation sites is 1. The topological polar surface area (TPSA) is 58.6 Å². The molecule has 2 heterocycles. The second kappa shape index (κ2) is 6.20. The lowest BCUT2D eigenvalue weighted by Gasteiger charge is -2.32. The first-order valence-electron chi connectivity index (χ1n) is 8.19. The van der Waals surface area contributed by atoms with Crippen LogP contribution in [0.3, 0.4) is 0 Å². The highest BCUT2D eigenvalue weighted by Gasteiger charge is 2.31. The predicted molar refractivity (Wildman–Crippen MR) is 91.9 cm³/mol. The Morgan fingerprint density at radius 2 is 1.79 bits per heavy atom. The molecule has 0 amide bonds. The highest BCUT2D eigenvalue weighted by Crippen LogP contribution is 2.32. The molecule has 2 aromatic rings. The van der Waals surface area contributed by atoms with E-state index in [4.69, 9.17) is 4.74 Å². The fraction of sp³-hybridized carbons (Fsp3) is 0.333. The van der Waals surface area contributed by atoms with Gasteiger partial charge in [0.15, 0.2) is 0 Å². The van der Waals surface area contributed by atoms with Crippen LogP contribution in [0.5, 0.6) is 5.75 Å². The second-order valence-electron chi connectivity index (χ2n) is 6.20. The van der Waals surface area contributed by atoms with E-state index in [1.54, 1.807) is 0 Å². The Morgan fingerprint density at radius 1 is 1.04 bits per heavy atom. The lowest BCUT2D eigenvalue weighted by Crippen LogP contribution is -2.45. The molecule has 0 bridgehead atoms. The summed E-state index contributed by atoms with van der Waals surface area (Å²) in [5.74, 6) is 0.764. The summed E-state index contributed by atoms with van der Waals surface area (Å²) in [5, 5.41) is 0. The third-order valence-electron chi connectivity index (χ3n) is 4.69. The van der Waals surface area contributed by atoms with E-state index in [1.165, 1.54) is 9.87 Å². The number of rotatable bonds is 3. The van der Waals surface area contributed by atoms with Crippen LogP contribution in [0, 0.1) is 0 Å². The molecule has 4 rings (SSSR count). The van der Waals surface area contributed by atoms with E-state index in [1.807, 2.05) is 42.5 Å². The summed E-state index contributed by atoms with van der Waals surface area (Å²) in [6.45, 7) is 1.46. The van der Waals surface area contributed by atoms with Crippen molar-refractivity contribution < 1.29 is 13.2 Å². The zero-order valence-electron chi connectivity index (χ0n) is 13.3. The summed E-state index contributed by atoms with van der Waals surface area (Å²) in [6.07, 6.45) is 1.39. The van der Waals surface area contributed by atoms with Crippen LogP contribution < -0.4 is 9.46 Å². The van der Waals surface area contributed by atoms with E-state index in [0.29, 0.717) is 26.1 Å². The molecule has 0 spiro atoms. The molecule has 6 heteroatoms. The summed E-state index contributed by atoms with van der Waals surface area (Å²) in [7, 11) is -3.54. The standard InChI is InChI=1S/C18H20N2O3S/c21-24(22,20-11-9-14-5-1-2-6-15(14)13-20)19-17-10-12-23-18-8-4-3-7-16(17)18/h1-8,17,19H,9-13H2. The summed E-state index contributed by atoms with van der Waals surface area (Å²) in [6, 6.07) is 15.4.